The van der Waals surface area contributed by atoms with E-state index in [1.165, 1.54) is 11.4 Å². The van der Waals surface area contributed by atoms with Crippen LogP contribution in [-0.2, 0) is 14.8 Å². The van der Waals surface area contributed by atoms with E-state index in [2.05, 4.69) is 4.72 Å². The van der Waals surface area contributed by atoms with Crippen LogP contribution >= 0.6 is 11.3 Å². The second-order valence-electron chi connectivity index (χ2n) is 3.01. The summed E-state index contributed by atoms with van der Waals surface area (Å²) in [4.78, 5) is 10.4. The minimum absolute atomic E-state index is 0.116. The Bertz CT molecular complexity index is 479. The minimum atomic E-state index is -3.77. The zero-order valence-corrected chi connectivity index (χ0v) is 10.8. The normalized spacial score (nSPS) is 11.6. The molecule has 0 bridgehead atoms. The van der Waals surface area contributed by atoms with Crippen LogP contribution in [0.15, 0.2) is 16.3 Å². The molecule has 0 aromatic carbocycles. The number of aromatic carboxylic acids is 1. The lowest BCUT2D eigenvalue weighted by atomic mass is 10.5. The number of hydrogen-bond acceptors (Lipinski definition) is 5. The molecule has 6 nitrogen and oxygen atoms in total. The van der Waals surface area contributed by atoms with Gasteiger partial charge >= 0.3 is 5.97 Å². The average Bonchev–Trinajstić information content (AvgIpc) is 2.74. The molecule has 0 radical (unpaired) electrons. The molecule has 0 aliphatic rings. The maximum atomic E-state index is 11.8. The third-order valence-corrected chi connectivity index (χ3v) is 4.39. The van der Waals surface area contributed by atoms with Gasteiger partial charge in [0.2, 0.25) is 10.0 Å². The van der Waals surface area contributed by atoms with E-state index in [4.69, 9.17) is 9.84 Å². The van der Waals surface area contributed by atoms with Gasteiger partial charge in [-0.05, 0) is 18.4 Å². The number of carbonyl (C=O) groups is 1. The predicted octanol–water partition coefficient (Wildman–Crippen LogP) is 0.761. The summed E-state index contributed by atoms with van der Waals surface area (Å²) in [5.74, 6) is -1.25. The molecule has 1 rings (SSSR count). The van der Waals surface area contributed by atoms with Crippen molar-refractivity contribution in [3.8, 4) is 0 Å². The number of thiophene rings is 1. The topological polar surface area (TPSA) is 92.7 Å². The van der Waals surface area contributed by atoms with E-state index in [1.54, 1.807) is 6.92 Å². The molecule has 0 fully saturated rings. The molecule has 2 N–H and O–H groups in total. The van der Waals surface area contributed by atoms with E-state index in [9.17, 15) is 13.2 Å². The molecule has 0 aliphatic carbocycles. The number of hydrogen-bond donors (Lipinski definition) is 2. The lowest BCUT2D eigenvalue weighted by Crippen LogP contribution is -2.28. The van der Waals surface area contributed by atoms with Crippen molar-refractivity contribution in [2.75, 3.05) is 19.8 Å². The average molecular weight is 279 g/mol. The van der Waals surface area contributed by atoms with E-state index >= 15 is 0 Å². The first-order valence-electron chi connectivity index (χ1n) is 4.87. The van der Waals surface area contributed by atoms with Gasteiger partial charge in [-0.2, -0.15) is 0 Å². The lowest BCUT2D eigenvalue weighted by Gasteiger charge is -2.06. The summed E-state index contributed by atoms with van der Waals surface area (Å²) in [7, 11) is -3.77. The maximum absolute atomic E-state index is 11.8. The van der Waals surface area contributed by atoms with Crippen molar-refractivity contribution in [3.05, 3.63) is 16.3 Å². The third-order valence-electron chi connectivity index (χ3n) is 1.86. The first kappa shape index (κ1) is 14.1. The molecule has 0 atom stereocenters. The summed E-state index contributed by atoms with van der Waals surface area (Å²) in [5.41, 5.74) is 0. The number of nitrogens with one attached hydrogen (secondary N) is 1. The summed E-state index contributed by atoms with van der Waals surface area (Å²) in [6.07, 6.45) is 0. The van der Waals surface area contributed by atoms with Gasteiger partial charge in [-0.3, -0.25) is 0 Å². The summed E-state index contributed by atoms with van der Waals surface area (Å²) in [5, 5.41) is 10.3. The fraction of sp³-hybridized carbons (Fsp3) is 0.444. The van der Waals surface area contributed by atoms with Crippen molar-refractivity contribution in [3.63, 3.8) is 0 Å². The van der Waals surface area contributed by atoms with E-state index in [0.29, 0.717) is 6.61 Å². The van der Waals surface area contributed by atoms with Gasteiger partial charge in [-0.25, -0.2) is 17.9 Å². The Morgan fingerprint density at radius 1 is 1.59 bits per heavy atom. The molecule has 1 aromatic rings. The fourth-order valence-electron chi connectivity index (χ4n) is 1.14. The highest BCUT2D eigenvalue weighted by molar-refractivity contribution is 7.89. The number of rotatable bonds is 7. The predicted molar refractivity (Wildman–Crippen MR) is 63.0 cm³/mol. The summed E-state index contributed by atoms with van der Waals surface area (Å²) in [6.45, 7) is 2.67. The molecular weight excluding hydrogens is 266 g/mol. The van der Waals surface area contributed by atoms with Crippen LogP contribution in [0.2, 0.25) is 0 Å². The largest absolute Gasteiger partial charge is 0.477 e. The smallest absolute Gasteiger partial charge is 0.347 e. The Kier molecular flexibility index (Phi) is 5.06. The zero-order chi connectivity index (χ0) is 12.9. The molecule has 1 heterocycles. The first-order chi connectivity index (χ1) is 7.99. The molecule has 0 saturated heterocycles. The quantitative estimate of drug-likeness (QED) is 0.719. The summed E-state index contributed by atoms with van der Waals surface area (Å²) in [6, 6.07) is 1.27. The van der Waals surface area contributed by atoms with Crippen molar-refractivity contribution in [1.82, 2.24) is 4.72 Å². The van der Waals surface area contributed by atoms with Crippen LogP contribution in [0.4, 0.5) is 0 Å². The number of carboxylic acids is 1. The Morgan fingerprint density at radius 2 is 2.29 bits per heavy atom. The number of sulfonamides is 1. The van der Waals surface area contributed by atoms with Crippen LogP contribution in [0.1, 0.15) is 16.6 Å². The second-order valence-corrected chi connectivity index (χ2v) is 5.67. The van der Waals surface area contributed by atoms with Gasteiger partial charge in [-0.1, -0.05) is 0 Å². The highest BCUT2D eigenvalue weighted by Crippen LogP contribution is 2.21. The van der Waals surface area contributed by atoms with Gasteiger partial charge in [0.05, 0.1) is 6.61 Å². The second kappa shape index (κ2) is 6.10. The van der Waals surface area contributed by atoms with Crippen LogP contribution < -0.4 is 4.72 Å². The monoisotopic (exact) mass is 279 g/mol. The summed E-state index contributed by atoms with van der Waals surface area (Å²) < 4.78 is 30.8. The highest BCUT2D eigenvalue weighted by atomic mass is 32.2. The molecule has 17 heavy (non-hydrogen) atoms. The van der Waals surface area contributed by atoms with Crippen LogP contribution in [0.5, 0.6) is 0 Å². The SMILES string of the molecule is CCOCCNS(=O)(=O)c1ccsc1C(=O)O. The van der Waals surface area contributed by atoms with Gasteiger partial charge < -0.3 is 9.84 Å². The van der Waals surface area contributed by atoms with Gasteiger partial charge in [-0.15, -0.1) is 11.3 Å². The zero-order valence-electron chi connectivity index (χ0n) is 9.17. The van der Waals surface area contributed by atoms with Crippen molar-refractivity contribution in [1.29, 1.82) is 0 Å². The third kappa shape index (κ3) is 3.77. The molecule has 96 valence electrons. The van der Waals surface area contributed by atoms with Crippen LogP contribution in [0.25, 0.3) is 0 Å². The Labute approximate surface area is 103 Å². The standard InChI is InChI=1S/C9H13NO5S2/c1-2-15-5-4-10-17(13,14)7-3-6-16-8(7)9(11)12/h3,6,10H,2,4-5H2,1H3,(H,11,12). The lowest BCUT2D eigenvalue weighted by molar-refractivity contribution is 0.0698. The minimum Gasteiger partial charge on any atom is -0.477 e. The molecule has 0 amide bonds. The van der Waals surface area contributed by atoms with Gasteiger partial charge in [0.15, 0.2) is 0 Å². The fourth-order valence-corrected chi connectivity index (χ4v) is 3.41. The first-order valence-corrected chi connectivity index (χ1v) is 7.23. The van der Waals surface area contributed by atoms with E-state index < -0.39 is 16.0 Å². The van der Waals surface area contributed by atoms with Crippen molar-refractivity contribution < 1.29 is 23.1 Å². The molecule has 1 aromatic heterocycles. The summed E-state index contributed by atoms with van der Waals surface area (Å²) >= 11 is 0.878. The molecule has 0 saturated carbocycles. The van der Waals surface area contributed by atoms with Crippen molar-refractivity contribution in [2.45, 2.75) is 11.8 Å². The van der Waals surface area contributed by atoms with Crippen LogP contribution in [0.3, 0.4) is 0 Å². The van der Waals surface area contributed by atoms with E-state index in [0.717, 1.165) is 11.3 Å². The van der Waals surface area contributed by atoms with E-state index in [-0.39, 0.29) is 22.9 Å². The molecular formula is C9H13NO5S2. The number of carboxylic acid groups (broad SMARTS) is 1. The number of ether oxygens (including phenoxy) is 1. The highest BCUT2D eigenvalue weighted by Gasteiger charge is 2.23. The van der Waals surface area contributed by atoms with Crippen molar-refractivity contribution >= 4 is 27.3 Å². The van der Waals surface area contributed by atoms with Crippen LogP contribution in [0, 0.1) is 0 Å². The van der Waals surface area contributed by atoms with Crippen LogP contribution in [-0.4, -0.2) is 39.3 Å². The molecule has 0 unspecified atom stereocenters. The van der Waals surface area contributed by atoms with Gasteiger partial charge in [0, 0.05) is 13.2 Å². The molecule has 0 spiro atoms. The Balaban J connectivity index is 2.76. The van der Waals surface area contributed by atoms with Gasteiger partial charge in [0.1, 0.15) is 9.77 Å². The van der Waals surface area contributed by atoms with Crippen molar-refractivity contribution in [2.24, 2.45) is 0 Å². The van der Waals surface area contributed by atoms with Gasteiger partial charge in [0.25, 0.3) is 0 Å². The molecule has 8 heteroatoms. The van der Waals surface area contributed by atoms with E-state index in [1.807, 2.05) is 0 Å². The Hall–Kier alpha value is -0.960. The Morgan fingerprint density at radius 3 is 2.88 bits per heavy atom. The maximum Gasteiger partial charge on any atom is 0.347 e. The molecule has 0 aliphatic heterocycles.